The molecule has 0 aromatic carbocycles. The highest BCUT2D eigenvalue weighted by atomic mass is 16.2. The zero-order valence-corrected chi connectivity index (χ0v) is 11.5. The van der Waals surface area contributed by atoms with E-state index in [2.05, 4.69) is 0 Å². The molecule has 1 aliphatic heterocycles. The van der Waals surface area contributed by atoms with Gasteiger partial charge in [-0.05, 0) is 18.8 Å². The number of rotatable bonds is 0. The minimum Gasteiger partial charge on any atom is -0.275 e. The summed E-state index contributed by atoms with van der Waals surface area (Å²) in [5, 5.41) is 0. The third-order valence-corrected chi connectivity index (χ3v) is 4.61. The van der Waals surface area contributed by atoms with Crippen molar-refractivity contribution in [3.63, 3.8) is 0 Å². The second-order valence-corrected chi connectivity index (χ2v) is 5.77. The number of hydrogen-bond acceptors (Lipinski definition) is 4. The largest absolute Gasteiger partial charge is 0.275 e. The molecule has 106 valence electrons. The van der Waals surface area contributed by atoms with Gasteiger partial charge >= 0.3 is 0 Å². The Morgan fingerprint density at radius 1 is 1.20 bits per heavy atom. The maximum absolute atomic E-state index is 12.8. The zero-order valence-electron chi connectivity index (χ0n) is 11.5. The van der Waals surface area contributed by atoms with Crippen molar-refractivity contribution in [2.24, 2.45) is 11.8 Å². The van der Waals surface area contributed by atoms with E-state index in [9.17, 15) is 19.2 Å². The summed E-state index contributed by atoms with van der Waals surface area (Å²) in [6, 6.07) is 0. The number of hydrogen-bond donors (Lipinski definition) is 0. The zero-order chi connectivity index (χ0) is 14.7. The van der Waals surface area contributed by atoms with Crippen LogP contribution in [0.3, 0.4) is 0 Å². The van der Waals surface area contributed by atoms with Gasteiger partial charge in [-0.3, -0.25) is 29.0 Å². The van der Waals surface area contributed by atoms with Crippen LogP contribution in [0, 0.1) is 11.8 Å². The number of fused-ring (bicyclic) bond motifs is 3. The van der Waals surface area contributed by atoms with E-state index in [0.717, 1.165) is 16.2 Å². The molecule has 2 fully saturated rings. The third kappa shape index (κ3) is 1.44. The molecule has 3 atom stereocenters. The highest BCUT2D eigenvalue weighted by Crippen LogP contribution is 2.51. The van der Waals surface area contributed by atoms with Crippen molar-refractivity contribution in [1.82, 2.24) is 9.80 Å². The lowest BCUT2D eigenvalue weighted by Crippen LogP contribution is -2.71. The van der Waals surface area contributed by atoms with E-state index in [1.54, 1.807) is 0 Å². The molecule has 0 unspecified atom stereocenters. The van der Waals surface area contributed by atoms with Gasteiger partial charge in [-0.25, -0.2) is 0 Å². The average Bonchev–Trinajstić information content (AvgIpc) is 2.94. The summed E-state index contributed by atoms with van der Waals surface area (Å²) in [5.74, 6) is -1.71. The lowest BCUT2D eigenvalue weighted by Gasteiger charge is -2.48. The van der Waals surface area contributed by atoms with Crippen LogP contribution in [0.15, 0.2) is 12.2 Å². The lowest BCUT2D eigenvalue weighted by atomic mass is 9.79. The van der Waals surface area contributed by atoms with Crippen LogP contribution in [-0.2, 0) is 19.2 Å². The molecule has 6 heteroatoms. The summed E-state index contributed by atoms with van der Waals surface area (Å²) < 4.78 is 0. The van der Waals surface area contributed by atoms with Crippen molar-refractivity contribution in [2.75, 3.05) is 6.54 Å². The number of piperazine rings is 1. The van der Waals surface area contributed by atoms with Crippen LogP contribution in [0.25, 0.3) is 0 Å². The number of nitrogens with zero attached hydrogens (tertiary/aromatic N) is 2. The normalized spacial score (nSPS) is 35.3. The third-order valence-electron chi connectivity index (χ3n) is 4.61. The van der Waals surface area contributed by atoms with Gasteiger partial charge in [0.05, 0.1) is 0 Å². The van der Waals surface area contributed by atoms with Crippen molar-refractivity contribution in [1.29, 1.82) is 0 Å². The van der Waals surface area contributed by atoms with Crippen LogP contribution in [0.1, 0.15) is 26.7 Å². The van der Waals surface area contributed by atoms with E-state index in [1.807, 2.05) is 12.2 Å². The maximum Gasteiger partial charge on any atom is 0.256 e. The summed E-state index contributed by atoms with van der Waals surface area (Å²) >= 11 is 0. The van der Waals surface area contributed by atoms with E-state index < -0.39 is 29.2 Å². The molecule has 1 heterocycles. The molecule has 1 saturated heterocycles. The molecule has 4 amide bonds. The van der Waals surface area contributed by atoms with Crippen molar-refractivity contribution in [2.45, 2.75) is 32.2 Å². The van der Waals surface area contributed by atoms with Crippen LogP contribution in [0.2, 0.25) is 0 Å². The standard InChI is InChI=1S/C14H16N2O4/c1-8(17)15-7-12(19)16(9(2)18)14(13(15)20)6-10-3-4-11(14)5-10/h3-4,10-11H,5-7H2,1-2H3/t10-,11+,14-/m0/s1. The molecule has 20 heavy (non-hydrogen) atoms. The van der Waals surface area contributed by atoms with Crippen molar-refractivity contribution in [3.8, 4) is 0 Å². The summed E-state index contributed by atoms with van der Waals surface area (Å²) in [6.45, 7) is 2.23. The van der Waals surface area contributed by atoms with E-state index >= 15 is 0 Å². The fourth-order valence-electron chi connectivity index (χ4n) is 3.87. The molecule has 0 aromatic heterocycles. The quantitative estimate of drug-likeness (QED) is 0.587. The molecule has 2 bridgehead atoms. The van der Waals surface area contributed by atoms with E-state index in [4.69, 9.17) is 0 Å². The van der Waals surface area contributed by atoms with Gasteiger partial charge in [0.15, 0.2) is 0 Å². The van der Waals surface area contributed by atoms with Gasteiger partial charge < -0.3 is 0 Å². The minimum absolute atomic E-state index is 0.171. The monoisotopic (exact) mass is 276 g/mol. The van der Waals surface area contributed by atoms with E-state index in [0.29, 0.717) is 6.42 Å². The Hall–Kier alpha value is -1.98. The SMILES string of the molecule is CC(=O)N1CC(=O)N(C(C)=O)[C@]2(C[C@H]3C=C[C@@H]2C3)C1=O. The van der Waals surface area contributed by atoms with Crippen molar-refractivity contribution >= 4 is 23.6 Å². The fourth-order valence-corrected chi connectivity index (χ4v) is 3.87. The number of imide groups is 2. The van der Waals surface area contributed by atoms with Gasteiger partial charge in [0, 0.05) is 19.8 Å². The molecule has 6 nitrogen and oxygen atoms in total. The number of carbonyl (C=O) groups excluding carboxylic acids is 4. The van der Waals surface area contributed by atoms with Crippen molar-refractivity contribution in [3.05, 3.63) is 12.2 Å². The molecular weight excluding hydrogens is 260 g/mol. The first-order chi connectivity index (χ1) is 9.37. The summed E-state index contributed by atoms with van der Waals surface area (Å²) in [7, 11) is 0. The van der Waals surface area contributed by atoms with Gasteiger partial charge in [0.25, 0.3) is 5.91 Å². The summed E-state index contributed by atoms with van der Waals surface area (Å²) in [5.41, 5.74) is -1.17. The van der Waals surface area contributed by atoms with Crippen LogP contribution in [-0.4, -0.2) is 45.5 Å². The fraction of sp³-hybridized carbons (Fsp3) is 0.571. The van der Waals surface area contributed by atoms with Crippen LogP contribution >= 0.6 is 0 Å². The van der Waals surface area contributed by atoms with E-state index in [-0.39, 0.29) is 18.4 Å². The predicted octanol–water partition coefficient (Wildman–Crippen LogP) is 0.0850. The Bertz CT molecular complexity index is 568. The van der Waals surface area contributed by atoms with Crippen LogP contribution in [0.4, 0.5) is 0 Å². The molecule has 0 aromatic rings. The van der Waals surface area contributed by atoms with Gasteiger partial charge in [-0.15, -0.1) is 0 Å². The van der Waals surface area contributed by atoms with Crippen LogP contribution in [0.5, 0.6) is 0 Å². The Kier molecular flexibility index (Phi) is 2.61. The minimum atomic E-state index is -1.17. The number of allylic oxidation sites excluding steroid dienone is 1. The van der Waals surface area contributed by atoms with Gasteiger partial charge in [-0.2, -0.15) is 0 Å². The topological polar surface area (TPSA) is 74.8 Å². The molecule has 2 aliphatic carbocycles. The van der Waals surface area contributed by atoms with Gasteiger partial charge in [0.2, 0.25) is 17.7 Å². The maximum atomic E-state index is 12.8. The Morgan fingerprint density at radius 3 is 2.35 bits per heavy atom. The lowest BCUT2D eigenvalue weighted by molar-refractivity contribution is -0.175. The smallest absolute Gasteiger partial charge is 0.256 e. The molecule has 3 rings (SSSR count). The van der Waals surface area contributed by atoms with Crippen LogP contribution < -0.4 is 0 Å². The number of carbonyl (C=O) groups is 4. The summed E-state index contributed by atoms with van der Waals surface area (Å²) in [4.78, 5) is 50.6. The first-order valence-electron chi connectivity index (χ1n) is 6.72. The first-order valence-corrected chi connectivity index (χ1v) is 6.72. The highest BCUT2D eigenvalue weighted by Gasteiger charge is 2.63. The second kappa shape index (κ2) is 4.01. The first kappa shape index (κ1) is 13.0. The molecule has 1 saturated carbocycles. The predicted molar refractivity (Wildman–Crippen MR) is 68.0 cm³/mol. The molecule has 3 aliphatic rings. The average molecular weight is 276 g/mol. The highest BCUT2D eigenvalue weighted by molar-refractivity contribution is 6.12. The molecule has 1 spiro atoms. The van der Waals surface area contributed by atoms with Crippen molar-refractivity contribution < 1.29 is 19.2 Å². The second-order valence-electron chi connectivity index (χ2n) is 5.77. The molecular formula is C14H16N2O4. The Balaban J connectivity index is 2.12. The molecule has 0 radical (unpaired) electrons. The Labute approximate surface area is 116 Å². The molecule has 0 N–H and O–H groups in total. The summed E-state index contributed by atoms with van der Waals surface area (Å²) in [6.07, 6.45) is 5.12. The van der Waals surface area contributed by atoms with Gasteiger partial charge in [0.1, 0.15) is 12.1 Å². The van der Waals surface area contributed by atoms with E-state index in [1.165, 1.54) is 13.8 Å². The number of amides is 4. The Morgan fingerprint density at radius 2 is 1.90 bits per heavy atom. The van der Waals surface area contributed by atoms with Gasteiger partial charge in [-0.1, -0.05) is 12.2 Å².